The Balaban J connectivity index is 1.96. The summed E-state index contributed by atoms with van der Waals surface area (Å²) in [6.07, 6.45) is 3.03. The van der Waals surface area contributed by atoms with Crippen LogP contribution in [0.3, 0.4) is 0 Å². The fraction of sp³-hybridized carbons (Fsp3) is 0.476. The summed E-state index contributed by atoms with van der Waals surface area (Å²) in [5.41, 5.74) is 2.87. The fourth-order valence-corrected chi connectivity index (χ4v) is 3.42. The number of ether oxygens (including phenoxy) is 2. The molecule has 1 amide bonds. The quantitative estimate of drug-likeness (QED) is 0.685. The van der Waals surface area contributed by atoms with Crippen molar-refractivity contribution in [2.75, 3.05) is 20.3 Å². The molecule has 2 heterocycles. The van der Waals surface area contributed by atoms with E-state index >= 15 is 0 Å². The van der Waals surface area contributed by atoms with E-state index in [2.05, 4.69) is 12.0 Å². The average molecular weight is 385 g/mol. The summed E-state index contributed by atoms with van der Waals surface area (Å²) in [6, 6.07) is 7.52. The summed E-state index contributed by atoms with van der Waals surface area (Å²) in [4.78, 5) is 26.8. The van der Waals surface area contributed by atoms with Crippen molar-refractivity contribution in [3.8, 4) is 11.4 Å². The smallest absolute Gasteiger partial charge is 0.359 e. The standard InChI is InChI=1S/C21H27N3O4/c1-4-6-7-19(25)23-13-12-18-17(14-23)20(21(26)28-5-2)22-24(18)15-8-10-16(27-3)11-9-15/h8-11H,4-7,12-14H2,1-3H3. The van der Waals surface area contributed by atoms with Gasteiger partial charge in [0.05, 0.1) is 25.1 Å². The zero-order chi connectivity index (χ0) is 20.1. The maximum atomic E-state index is 12.5. The van der Waals surface area contributed by atoms with Crippen molar-refractivity contribution in [2.45, 2.75) is 46.1 Å². The van der Waals surface area contributed by atoms with E-state index in [1.54, 1.807) is 18.7 Å². The molecule has 1 aromatic carbocycles. The Hall–Kier alpha value is -2.83. The molecule has 7 nitrogen and oxygen atoms in total. The molecule has 2 aromatic rings. The highest BCUT2D eigenvalue weighted by Crippen LogP contribution is 2.27. The SMILES string of the molecule is CCCCC(=O)N1CCc2c(c(C(=O)OCC)nn2-c2ccc(OC)cc2)C1. The molecule has 1 aliphatic rings. The first kappa shape index (κ1) is 19.9. The normalized spacial score (nSPS) is 13.2. The largest absolute Gasteiger partial charge is 0.497 e. The maximum Gasteiger partial charge on any atom is 0.359 e. The van der Waals surface area contributed by atoms with E-state index in [1.807, 2.05) is 29.2 Å². The lowest BCUT2D eigenvalue weighted by molar-refractivity contribution is -0.132. The highest BCUT2D eigenvalue weighted by atomic mass is 16.5. The highest BCUT2D eigenvalue weighted by Gasteiger charge is 2.31. The van der Waals surface area contributed by atoms with Crippen molar-refractivity contribution in [2.24, 2.45) is 0 Å². The number of rotatable bonds is 7. The van der Waals surface area contributed by atoms with Crippen LogP contribution < -0.4 is 4.74 Å². The average Bonchev–Trinajstić information content (AvgIpc) is 3.11. The highest BCUT2D eigenvalue weighted by molar-refractivity contribution is 5.90. The number of methoxy groups -OCH3 is 1. The van der Waals surface area contributed by atoms with Crippen molar-refractivity contribution >= 4 is 11.9 Å². The van der Waals surface area contributed by atoms with Gasteiger partial charge in [-0.1, -0.05) is 13.3 Å². The topological polar surface area (TPSA) is 73.7 Å². The predicted octanol–water partition coefficient (Wildman–Crippen LogP) is 3.13. The molecule has 1 aromatic heterocycles. The Bertz CT molecular complexity index is 842. The molecule has 0 atom stereocenters. The van der Waals surface area contributed by atoms with Gasteiger partial charge in [-0.3, -0.25) is 4.79 Å². The molecule has 0 fully saturated rings. The summed E-state index contributed by atoms with van der Waals surface area (Å²) >= 11 is 0. The number of unbranched alkanes of at least 4 members (excludes halogenated alkanes) is 1. The lowest BCUT2D eigenvalue weighted by Crippen LogP contribution is -2.36. The number of aromatic nitrogens is 2. The Morgan fingerprint density at radius 1 is 1.18 bits per heavy atom. The van der Waals surface area contributed by atoms with Crippen LogP contribution in [0.2, 0.25) is 0 Å². The molecule has 0 spiro atoms. The number of nitrogens with zero attached hydrogens (tertiary/aromatic N) is 3. The molecule has 0 saturated carbocycles. The minimum absolute atomic E-state index is 0.125. The molecule has 0 aliphatic carbocycles. The Labute approximate surface area is 165 Å². The van der Waals surface area contributed by atoms with E-state index in [0.717, 1.165) is 35.5 Å². The Morgan fingerprint density at radius 2 is 1.93 bits per heavy atom. The Morgan fingerprint density at radius 3 is 2.57 bits per heavy atom. The van der Waals surface area contributed by atoms with Crippen molar-refractivity contribution in [1.82, 2.24) is 14.7 Å². The molecule has 150 valence electrons. The van der Waals surface area contributed by atoms with E-state index in [0.29, 0.717) is 31.6 Å². The number of esters is 1. The number of fused-ring (bicyclic) bond motifs is 1. The van der Waals surface area contributed by atoms with Gasteiger partial charge in [0.1, 0.15) is 5.75 Å². The molecule has 1 aliphatic heterocycles. The van der Waals surface area contributed by atoms with Gasteiger partial charge in [0.25, 0.3) is 0 Å². The summed E-state index contributed by atoms with van der Waals surface area (Å²) in [5.74, 6) is 0.427. The monoisotopic (exact) mass is 385 g/mol. The van der Waals surface area contributed by atoms with Crippen LogP contribution >= 0.6 is 0 Å². The van der Waals surface area contributed by atoms with Gasteiger partial charge < -0.3 is 14.4 Å². The minimum atomic E-state index is -0.450. The third kappa shape index (κ3) is 4.03. The van der Waals surface area contributed by atoms with Crippen LogP contribution in [0.25, 0.3) is 5.69 Å². The van der Waals surface area contributed by atoms with Gasteiger partial charge in [-0.2, -0.15) is 5.10 Å². The summed E-state index contributed by atoms with van der Waals surface area (Å²) in [7, 11) is 1.62. The molecule has 0 N–H and O–H groups in total. The Kier molecular flexibility index (Phi) is 6.34. The second kappa shape index (κ2) is 8.91. The van der Waals surface area contributed by atoms with Crippen LogP contribution in [0, 0.1) is 0 Å². The molecule has 0 radical (unpaired) electrons. The van der Waals surface area contributed by atoms with Crippen molar-refractivity contribution < 1.29 is 19.1 Å². The number of hydrogen-bond donors (Lipinski definition) is 0. The van der Waals surface area contributed by atoms with Gasteiger partial charge in [-0.15, -0.1) is 0 Å². The van der Waals surface area contributed by atoms with Gasteiger partial charge in [0.15, 0.2) is 5.69 Å². The number of carbonyl (C=O) groups excluding carboxylic acids is 2. The summed E-state index contributed by atoms with van der Waals surface area (Å²) < 4.78 is 12.2. The molecule has 0 unspecified atom stereocenters. The van der Waals surface area contributed by atoms with E-state index in [1.165, 1.54) is 0 Å². The zero-order valence-electron chi connectivity index (χ0n) is 16.7. The lowest BCUT2D eigenvalue weighted by Gasteiger charge is -2.28. The van der Waals surface area contributed by atoms with Crippen molar-refractivity contribution in [3.63, 3.8) is 0 Å². The minimum Gasteiger partial charge on any atom is -0.497 e. The first-order valence-corrected chi connectivity index (χ1v) is 9.79. The molecule has 7 heteroatoms. The van der Waals surface area contributed by atoms with E-state index in [4.69, 9.17) is 9.47 Å². The molecule has 0 saturated heterocycles. The van der Waals surface area contributed by atoms with Crippen molar-refractivity contribution in [3.05, 3.63) is 41.2 Å². The van der Waals surface area contributed by atoms with Crippen LogP contribution in [-0.2, 0) is 22.5 Å². The third-order valence-electron chi connectivity index (χ3n) is 4.94. The lowest BCUT2D eigenvalue weighted by atomic mass is 10.0. The second-order valence-electron chi connectivity index (χ2n) is 6.77. The molecule has 28 heavy (non-hydrogen) atoms. The number of amides is 1. The van der Waals surface area contributed by atoms with E-state index in [9.17, 15) is 9.59 Å². The van der Waals surface area contributed by atoms with Crippen LogP contribution in [0.4, 0.5) is 0 Å². The third-order valence-corrected chi connectivity index (χ3v) is 4.94. The molecular formula is C21H27N3O4. The number of carbonyl (C=O) groups is 2. The van der Waals surface area contributed by atoms with Gasteiger partial charge >= 0.3 is 5.97 Å². The first-order valence-electron chi connectivity index (χ1n) is 9.79. The first-order chi connectivity index (χ1) is 13.6. The molecular weight excluding hydrogens is 358 g/mol. The predicted molar refractivity (Wildman–Crippen MR) is 105 cm³/mol. The zero-order valence-corrected chi connectivity index (χ0v) is 16.7. The van der Waals surface area contributed by atoms with Crippen LogP contribution in [0.5, 0.6) is 5.75 Å². The van der Waals surface area contributed by atoms with Gasteiger partial charge in [0, 0.05) is 31.5 Å². The van der Waals surface area contributed by atoms with E-state index in [-0.39, 0.29) is 12.5 Å². The summed E-state index contributed by atoms with van der Waals surface area (Å²) in [6.45, 7) is 5.13. The van der Waals surface area contributed by atoms with Crippen LogP contribution in [0.15, 0.2) is 24.3 Å². The second-order valence-corrected chi connectivity index (χ2v) is 6.77. The molecule has 0 bridgehead atoms. The van der Waals surface area contributed by atoms with E-state index < -0.39 is 5.97 Å². The summed E-state index contributed by atoms with van der Waals surface area (Å²) in [5, 5.41) is 4.56. The fourth-order valence-electron chi connectivity index (χ4n) is 3.42. The van der Waals surface area contributed by atoms with Crippen LogP contribution in [-0.4, -0.2) is 46.8 Å². The van der Waals surface area contributed by atoms with Crippen molar-refractivity contribution in [1.29, 1.82) is 0 Å². The number of hydrogen-bond acceptors (Lipinski definition) is 5. The van der Waals surface area contributed by atoms with Gasteiger partial charge in [-0.25, -0.2) is 9.48 Å². The maximum absolute atomic E-state index is 12.5. The van der Waals surface area contributed by atoms with Gasteiger partial charge in [-0.05, 0) is 37.6 Å². The number of benzene rings is 1. The van der Waals surface area contributed by atoms with Gasteiger partial charge in [0.2, 0.25) is 5.91 Å². The molecule has 3 rings (SSSR count). The van der Waals surface area contributed by atoms with Crippen LogP contribution in [0.1, 0.15) is 54.9 Å².